The topological polar surface area (TPSA) is 67.9 Å². The van der Waals surface area contributed by atoms with Gasteiger partial charge in [-0.3, -0.25) is 4.79 Å². The van der Waals surface area contributed by atoms with Crippen molar-refractivity contribution >= 4 is 11.6 Å². The predicted octanol–water partition coefficient (Wildman–Crippen LogP) is 4.71. The molecule has 0 aliphatic rings. The lowest BCUT2D eigenvalue weighted by molar-refractivity contribution is -0.137. The maximum atomic E-state index is 14.5. The molecule has 5 nitrogen and oxygen atoms in total. The van der Waals surface area contributed by atoms with Gasteiger partial charge in [-0.15, -0.1) is 0 Å². The Morgan fingerprint density at radius 3 is 2.57 bits per heavy atom. The Bertz CT molecular complexity index is 1070. The predicted molar refractivity (Wildman–Crippen MR) is 94.7 cm³/mol. The Balaban J connectivity index is 2.18. The lowest BCUT2D eigenvalue weighted by atomic mass is 10.0. The van der Waals surface area contributed by atoms with Gasteiger partial charge >= 0.3 is 6.18 Å². The van der Waals surface area contributed by atoms with E-state index in [1.807, 2.05) is 0 Å². The van der Waals surface area contributed by atoms with Crippen molar-refractivity contribution < 1.29 is 22.3 Å². The van der Waals surface area contributed by atoms with Gasteiger partial charge in [-0.25, -0.2) is 14.4 Å². The second-order valence-corrected chi connectivity index (χ2v) is 5.99. The van der Waals surface area contributed by atoms with Crippen LogP contribution >= 0.6 is 11.6 Å². The zero-order chi connectivity index (χ0) is 20.5. The Labute approximate surface area is 161 Å². The summed E-state index contributed by atoms with van der Waals surface area (Å²) in [6.07, 6.45) is -3.54. The van der Waals surface area contributed by atoms with Gasteiger partial charge in [0.2, 0.25) is 5.88 Å². The third kappa shape index (κ3) is 3.99. The number of aromatic nitrogens is 3. The minimum absolute atomic E-state index is 0.0156. The molecule has 28 heavy (non-hydrogen) atoms. The highest BCUT2D eigenvalue weighted by Gasteiger charge is 2.36. The number of rotatable bonds is 4. The SMILES string of the molecule is CCOc1ccc(-c2cc(=O)[nH]c(-c3c(C(F)(F)F)ccc(Cl)c3F)n2)cn1. The van der Waals surface area contributed by atoms with Gasteiger partial charge in [0, 0.05) is 23.9 Å². The van der Waals surface area contributed by atoms with Gasteiger partial charge < -0.3 is 9.72 Å². The van der Waals surface area contributed by atoms with Gasteiger partial charge in [-0.1, -0.05) is 11.6 Å². The second kappa shape index (κ2) is 7.59. The van der Waals surface area contributed by atoms with Crippen LogP contribution in [0.5, 0.6) is 5.88 Å². The molecular weight excluding hydrogens is 402 g/mol. The van der Waals surface area contributed by atoms with Crippen LogP contribution in [0.15, 0.2) is 41.3 Å². The molecule has 0 bridgehead atoms. The smallest absolute Gasteiger partial charge is 0.417 e. The molecule has 3 aromatic rings. The summed E-state index contributed by atoms with van der Waals surface area (Å²) in [6.45, 7) is 2.17. The van der Waals surface area contributed by atoms with Crippen LogP contribution in [0.25, 0.3) is 22.6 Å². The summed E-state index contributed by atoms with van der Waals surface area (Å²) in [5.41, 5.74) is -2.65. The number of alkyl halides is 3. The highest BCUT2D eigenvalue weighted by Crippen LogP contribution is 2.39. The largest absolute Gasteiger partial charge is 0.478 e. The normalized spacial score (nSPS) is 11.5. The number of H-pyrrole nitrogens is 1. The van der Waals surface area contributed by atoms with Crippen LogP contribution in [-0.2, 0) is 6.18 Å². The molecule has 0 radical (unpaired) electrons. The summed E-state index contributed by atoms with van der Waals surface area (Å²) >= 11 is 5.64. The molecular formula is C18H12ClF4N3O2. The van der Waals surface area contributed by atoms with Crippen molar-refractivity contribution in [2.75, 3.05) is 6.61 Å². The lowest BCUT2D eigenvalue weighted by Crippen LogP contribution is -2.14. The number of nitrogens with zero attached hydrogens (tertiary/aromatic N) is 2. The molecule has 1 N–H and O–H groups in total. The molecule has 0 fully saturated rings. The maximum Gasteiger partial charge on any atom is 0.417 e. The van der Waals surface area contributed by atoms with Crippen LogP contribution in [-0.4, -0.2) is 21.6 Å². The number of nitrogens with one attached hydrogen (secondary N) is 1. The van der Waals surface area contributed by atoms with Crippen LogP contribution in [0.2, 0.25) is 5.02 Å². The average Bonchev–Trinajstić information content (AvgIpc) is 2.63. The molecule has 0 amide bonds. The molecule has 146 valence electrons. The minimum Gasteiger partial charge on any atom is -0.478 e. The Morgan fingerprint density at radius 2 is 1.96 bits per heavy atom. The third-order valence-corrected chi connectivity index (χ3v) is 3.99. The standard InChI is InChI=1S/C18H12ClF4N3O2/c1-2-28-14-6-3-9(8-24-14)12-7-13(27)26-17(25-12)15-10(18(21,22)23)4-5-11(19)16(15)20/h3-8H,2H2,1H3,(H,25,26,27). The van der Waals surface area contributed by atoms with Crippen LogP contribution in [0.3, 0.4) is 0 Å². The molecule has 0 aliphatic carbocycles. The molecule has 2 aromatic heterocycles. The van der Waals surface area contributed by atoms with E-state index in [1.165, 1.54) is 18.3 Å². The van der Waals surface area contributed by atoms with E-state index >= 15 is 0 Å². The number of ether oxygens (including phenoxy) is 1. The lowest BCUT2D eigenvalue weighted by Gasteiger charge is -2.14. The minimum atomic E-state index is -4.88. The second-order valence-electron chi connectivity index (χ2n) is 5.58. The molecule has 10 heteroatoms. The van der Waals surface area contributed by atoms with E-state index < -0.39 is 39.5 Å². The third-order valence-electron chi connectivity index (χ3n) is 3.70. The first-order valence-electron chi connectivity index (χ1n) is 7.97. The fourth-order valence-corrected chi connectivity index (χ4v) is 2.66. The molecule has 2 heterocycles. The number of pyridine rings is 1. The van der Waals surface area contributed by atoms with Crippen LogP contribution in [0, 0.1) is 5.82 Å². The van der Waals surface area contributed by atoms with Gasteiger partial charge in [0.25, 0.3) is 5.56 Å². The first kappa shape index (κ1) is 19.8. The fourth-order valence-electron chi connectivity index (χ4n) is 2.51. The van der Waals surface area contributed by atoms with Gasteiger partial charge in [0.1, 0.15) is 5.82 Å². The van der Waals surface area contributed by atoms with E-state index in [1.54, 1.807) is 6.92 Å². The number of hydrogen-bond donors (Lipinski definition) is 1. The molecule has 3 rings (SSSR count). The zero-order valence-electron chi connectivity index (χ0n) is 14.3. The van der Waals surface area contributed by atoms with Crippen LogP contribution < -0.4 is 10.3 Å². The van der Waals surface area contributed by atoms with E-state index in [9.17, 15) is 22.4 Å². The van der Waals surface area contributed by atoms with Crippen molar-refractivity contribution in [1.29, 1.82) is 0 Å². The molecule has 0 aliphatic heterocycles. The zero-order valence-corrected chi connectivity index (χ0v) is 15.0. The first-order valence-corrected chi connectivity index (χ1v) is 8.34. The van der Waals surface area contributed by atoms with Gasteiger partial charge in [-0.05, 0) is 25.1 Å². The van der Waals surface area contributed by atoms with Gasteiger partial charge in [0.05, 0.1) is 28.5 Å². The molecule has 0 unspecified atom stereocenters. The number of benzene rings is 1. The highest BCUT2D eigenvalue weighted by molar-refractivity contribution is 6.31. The molecule has 0 saturated heterocycles. The fraction of sp³-hybridized carbons (Fsp3) is 0.167. The Morgan fingerprint density at radius 1 is 1.21 bits per heavy atom. The van der Waals surface area contributed by atoms with Crippen molar-refractivity contribution in [3.05, 3.63) is 63.3 Å². The van der Waals surface area contributed by atoms with E-state index in [0.29, 0.717) is 24.1 Å². The van der Waals surface area contributed by atoms with Crippen LogP contribution in [0.4, 0.5) is 17.6 Å². The van der Waals surface area contributed by atoms with Gasteiger partial charge in [-0.2, -0.15) is 13.2 Å². The van der Waals surface area contributed by atoms with Crippen molar-refractivity contribution in [1.82, 2.24) is 15.0 Å². The summed E-state index contributed by atoms with van der Waals surface area (Å²) in [4.78, 5) is 22.1. The molecule has 0 saturated carbocycles. The molecule has 1 aromatic carbocycles. The number of hydrogen-bond acceptors (Lipinski definition) is 4. The van der Waals surface area contributed by atoms with Crippen molar-refractivity contribution in [3.63, 3.8) is 0 Å². The highest BCUT2D eigenvalue weighted by atomic mass is 35.5. The average molecular weight is 414 g/mol. The van der Waals surface area contributed by atoms with Gasteiger partial charge in [0.15, 0.2) is 5.82 Å². The van der Waals surface area contributed by atoms with Crippen molar-refractivity contribution in [2.45, 2.75) is 13.1 Å². The number of halogens is 5. The Hall–Kier alpha value is -2.94. The summed E-state index contributed by atoms with van der Waals surface area (Å²) < 4.78 is 59.7. The van der Waals surface area contributed by atoms with Crippen molar-refractivity contribution in [3.8, 4) is 28.5 Å². The quantitative estimate of drug-likeness (QED) is 0.629. The van der Waals surface area contributed by atoms with Crippen LogP contribution in [0.1, 0.15) is 12.5 Å². The number of aromatic amines is 1. The molecule has 0 spiro atoms. The Kier molecular flexibility index (Phi) is 5.37. The van der Waals surface area contributed by atoms with E-state index in [0.717, 1.165) is 12.1 Å². The summed E-state index contributed by atoms with van der Waals surface area (Å²) in [5.74, 6) is -1.60. The van der Waals surface area contributed by atoms with E-state index in [4.69, 9.17) is 16.3 Å². The van der Waals surface area contributed by atoms with E-state index in [-0.39, 0.29) is 5.69 Å². The summed E-state index contributed by atoms with van der Waals surface area (Å²) in [7, 11) is 0. The first-order chi connectivity index (χ1) is 13.2. The maximum absolute atomic E-state index is 14.5. The summed E-state index contributed by atoms with van der Waals surface area (Å²) in [5, 5.41) is -0.529. The summed E-state index contributed by atoms with van der Waals surface area (Å²) in [6, 6.07) is 5.54. The monoisotopic (exact) mass is 413 g/mol. The molecule has 0 atom stereocenters. The van der Waals surface area contributed by atoms with Crippen molar-refractivity contribution in [2.24, 2.45) is 0 Å². The van der Waals surface area contributed by atoms with E-state index in [2.05, 4.69) is 15.0 Å².